The summed E-state index contributed by atoms with van der Waals surface area (Å²) in [5.74, 6) is 1.50. The molecule has 0 bridgehead atoms. The van der Waals surface area contributed by atoms with Gasteiger partial charge in [0.15, 0.2) is 11.5 Å². The SMILES string of the molecule is Cc1cc2c(cc1C=C(C#N)C(=O)NC1CCCCC1C)OCO2. The quantitative estimate of drug-likeness (QED) is 0.683. The summed E-state index contributed by atoms with van der Waals surface area (Å²) >= 11 is 0. The first-order chi connectivity index (χ1) is 11.6. The van der Waals surface area contributed by atoms with Crippen LogP contribution in [0.5, 0.6) is 11.5 Å². The highest BCUT2D eigenvalue weighted by Gasteiger charge is 2.24. The molecular weight excluding hydrogens is 304 g/mol. The van der Waals surface area contributed by atoms with E-state index in [-0.39, 0.29) is 24.3 Å². The van der Waals surface area contributed by atoms with Gasteiger partial charge in [-0.05, 0) is 55.0 Å². The smallest absolute Gasteiger partial charge is 0.262 e. The number of carbonyl (C=O) groups excluding carboxylic acids is 1. The number of hydrogen-bond donors (Lipinski definition) is 1. The summed E-state index contributed by atoms with van der Waals surface area (Å²) in [6, 6.07) is 5.86. The van der Waals surface area contributed by atoms with Crippen LogP contribution in [0.1, 0.15) is 43.7 Å². The van der Waals surface area contributed by atoms with Crippen molar-refractivity contribution in [2.75, 3.05) is 6.79 Å². The van der Waals surface area contributed by atoms with Crippen LogP contribution in [0.3, 0.4) is 0 Å². The molecule has 1 aliphatic carbocycles. The standard InChI is InChI=1S/C19H22N2O3/c1-12-5-3-4-6-16(12)21-19(22)15(10-20)8-14-9-18-17(7-13(14)2)23-11-24-18/h7-9,12,16H,3-6,11H2,1-2H3,(H,21,22). The average molecular weight is 326 g/mol. The van der Waals surface area contributed by atoms with Crippen molar-refractivity contribution in [3.8, 4) is 17.6 Å². The third-order valence-corrected chi connectivity index (χ3v) is 4.85. The van der Waals surface area contributed by atoms with Crippen LogP contribution < -0.4 is 14.8 Å². The summed E-state index contributed by atoms with van der Waals surface area (Å²) < 4.78 is 10.7. The van der Waals surface area contributed by atoms with E-state index in [1.54, 1.807) is 6.08 Å². The highest BCUT2D eigenvalue weighted by Crippen LogP contribution is 2.35. The lowest BCUT2D eigenvalue weighted by atomic mass is 9.86. The van der Waals surface area contributed by atoms with Crippen molar-refractivity contribution in [2.45, 2.75) is 45.6 Å². The lowest BCUT2D eigenvalue weighted by Crippen LogP contribution is -2.41. The Morgan fingerprint density at radius 3 is 2.71 bits per heavy atom. The molecule has 0 spiro atoms. The molecule has 2 unspecified atom stereocenters. The van der Waals surface area contributed by atoms with Gasteiger partial charge in [-0.3, -0.25) is 4.79 Å². The lowest BCUT2D eigenvalue weighted by molar-refractivity contribution is -0.118. The molecule has 1 aromatic carbocycles. The minimum atomic E-state index is -0.298. The van der Waals surface area contributed by atoms with Crippen LogP contribution >= 0.6 is 0 Å². The molecule has 1 saturated carbocycles. The van der Waals surface area contributed by atoms with Crippen molar-refractivity contribution < 1.29 is 14.3 Å². The number of carbonyl (C=O) groups is 1. The lowest BCUT2D eigenvalue weighted by Gasteiger charge is -2.29. The number of amides is 1. The summed E-state index contributed by atoms with van der Waals surface area (Å²) in [4.78, 5) is 12.5. The van der Waals surface area contributed by atoms with Crippen molar-refractivity contribution in [2.24, 2.45) is 5.92 Å². The molecule has 1 heterocycles. The second-order valence-electron chi connectivity index (χ2n) is 6.57. The van der Waals surface area contributed by atoms with Gasteiger partial charge in [0.25, 0.3) is 5.91 Å². The highest BCUT2D eigenvalue weighted by molar-refractivity contribution is 6.02. The Bertz CT molecular complexity index is 718. The number of rotatable bonds is 3. The first-order valence-electron chi connectivity index (χ1n) is 8.41. The van der Waals surface area contributed by atoms with E-state index in [2.05, 4.69) is 12.2 Å². The molecule has 24 heavy (non-hydrogen) atoms. The van der Waals surface area contributed by atoms with Crippen molar-refractivity contribution in [1.29, 1.82) is 5.26 Å². The molecule has 1 amide bonds. The molecule has 1 aliphatic heterocycles. The monoisotopic (exact) mass is 326 g/mol. The predicted octanol–water partition coefficient (Wildman–Crippen LogP) is 3.33. The van der Waals surface area contributed by atoms with E-state index in [9.17, 15) is 10.1 Å². The summed E-state index contributed by atoms with van der Waals surface area (Å²) in [5, 5.41) is 12.4. The molecular formula is C19H22N2O3. The van der Waals surface area contributed by atoms with Crippen molar-refractivity contribution >= 4 is 12.0 Å². The third kappa shape index (κ3) is 3.38. The minimum absolute atomic E-state index is 0.120. The molecule has 2 atom stereocenters. The zero-order valence-electron chi connectivity index (χ0n) is 14.1. The number of nitrogens with zero attached hydrogens (tertiary/aromatic N) is 1. The molecule has 1 N–H and O–H groups in total. The molecule has 5 nitrogen and oxygen atoms in total. The first kappa shape index (κ1) is 16.4. The van der Waals surface area contributed by atoms with Gasteiger partial charge in [0.05, 0.1) is 0 Å². The van der Waals surface area contributed by atoms with Gasteiger partial charge in [0, 0.05) is 6.04 Å². The van der Waals surface area contributed by atoms with Crippen LogP contribution in [-0.2, 0) is 4.79 Å². The van der Waals surface area contributed by atoms with E-state index in [1.807, 2.05) is 25.1 Å². The Morgan fingerprint density at radius 1 is 1.29 bits per heavy atom. The Balaban J connectivity index is 1.79. The van der Waals surface area contributed by atoms with E-state index in [4.69, 9.17) is 9.47 Å². The van der Waals surface area contributed by atoms with Gasteiger partial charge in [-0.25, -0.2) is 0 Å². The normalized spacial score (nSPS) is 22.8. The highest BCUT2D eigenvalue weighted by atomic mass is 16.7. The van der Waals surface area contributed by atoms with Crippen LogP contribution in [0.2, 0.25) is 0 Å². The Hall–Kier alpha value is -2.48. The van der Waals surface area contributed by atoms with Crippen LogP contribution in [-0.4, -0.2) is 18.7 Å². The van der Waals surface area contributed by atoms with E-state index in [0.29, 0.717) is 17.4 Å². The number of nitriles is 1. The molecule has 1 fully saturated rings. The second kappa shape index (κ2) is 6.96. The molecule has 3 rings (SSSR count). The molecule has 2 aliphatic rings. The summed E-state index contributed by atoms with van der Waals surface area (Å²) in [6.45, 7) is 4.28. The largest absolute Gasteiger partial charge is 0.454 e. The zero-order valence-corrected chi connectivity index (χ0v) is 14.1. The fourth-order valence-corrected chi connectivity index (χ4v) is 3.30. The van der Waals surface area contributed by atoms with Gasteiger partial charge in [0.1, 0.15) is 11.6 Å². The molecule has 5 heteroatoms. The van der Waals surface area contributed by atoms with Gasteiger partial charge < -0.3 is 14.8 Å². The summed E-state index contributed by atoms with van der Waals surface area (Å²) in [5.41, 5.74) is 1.85. The number of benzene rings is 1. The van der Waals surface area contributed by atoms with Crippen LogP contribution in [0.4, 0.5) is 0 Å². The predicted molar refractivity (Wildman–Crippen MR) is 90.5 cm³/mol. The fraction of sp³-hybridized carbons (Fsp3) is 0.474. The molecule has 0 saturated heterocycles. The molecule has 0 aromatic heterocycles. The minimum Gasteiger partial charge on any atom is -0.454 e. The van der Waals surface area contributed by atoms with Crippen molar-refractivity contribution in [1.82, 2.24) is 5.32 Å². The molecule has 126 valence electrons. The number of nitrogens with one attached hydrogen (secondary N) is 1. The third-order valence-electron chi connectivity index (χ3n) is 4.85. The van der Waals surface area contributed by atoms with Crippen molar-refractivity contribution in [3.05, 3.63) is 28.8 Å². The van der Waals surface area contributed by atoms with Crippen molar-refractivity contribution in [3.63, 3.8) is 0 Å². The summed E-state index contributed by atoms with van der Waals surface area (Å²) in [7, 11) is 0. The number of fused-ring (bicyclic) bond motifs is 1. The van der Waals surface area contributed by atoms with E-state index >= 15 is 0 Å². The number of ether oxygens (including phenoxy) is 2. The zero-order chi connectivity index (χ0) is 17.1. The first-order valence-corrected chi connectivity index (χ1v) is 8.41. The fourth-order valence-electron chi connectivity index (χ4n) is 3.30. The average Bonchev–Trinajstić information content (AvgIpc) is 3.01. The Kier molecular flexibility index (Phi) is 4.75. The van der Waals surface area contributed by atoms with E-state index in [1.165, 1.54) is 6.42 Å². The van der Waals surface area contributed by atoms with Gasteiger partial charge in [-0.2, -0.15) is 5.26 Å². The number of hydrogen-bond acceptors (Lipinski definition) is 4. The maximum absolute atomic E-state index is 12.5. The molecule has 1 aromatic rings. The maximum Gasteiger partial charge on any atom is 0.262 e. The second-order valence-corrected chi connectivity index (χ2v) is 6.57. The van der Waals surface area contributed by atoms with Gasteiger partial charge in [0.2, 0.25) is 6.79 Å². The molecule has 0 radical (unpaired) electrons. The maximum atomic E-state index is 12.5. The van der Waals surface area contributed by atoms with Crippen LogP contribution in [0.25, 0.3) is 6.08 Å². The van der Waals surface area contributed by atoms with E-state index in [0.717, 1.165) is 30.4 Å². The van der Waals surface area contributed by atoms with E-state index < -0.39 is 0 Å². The Labute approximate surface area is 142 Å². The van der Waals surface area contributed by atoms with Crippen LogP contribution in [0, 0.1) is 24.2 Å². The Morgan fingerprint density at radius 2 is 2.00 bits per heavy atom. The van der Waals surface area contributed by atoms with Gasteiger partial charge in [-0.1, -0.05) is 19.8 Å². The number of aryl methyl sites for hydroxylation is 1. The summed E-state index contributed by atoms with van der Waals surface area (Å²) in [6.07, 6.45) is 6.07. The van der Waals surface area contributed by atoms with Gasteiger partial charge >= 0.3 is 0 Å². The van der Waals surface area contributed by atoms with Crippen LogP contribution in [0.15, 0.2) is 17.7 Å². The topological polar surface area (TPSA) is 71.4 Å². The van der Waals surface area contributed by atoms with Gasteiger partial charge in [-0.15, -0.1) is 0 Å².